The van der Waals surface area contributed by atoms with Crippen LogP contribution in [-0.4, -0.2) is 16.9 Å². The number of rotatable bonds is 6. The van der Waals surface area contributed by atoms with Crippen LogP contribution in [0.5, 0.6) is 0 Å². The van der Waals surface area contributed by atoms with E-state index in [-0.39, 0.29) is 41.5 Å². The summed E-state index contributed by atoms with van der Waals surface area (Å²) in [5.41, 5.74) is 7.28. The number of alkyl halides is 2. The minimum Gasteiger partial charge on any atom is -0.122 e. The normalized spacial score (nSPS) is 14.5. The van der Waals surface area contributed by atoms with E-state index in [2.05, 4.69) is 80.0 Å². The summed E-state index contributed by atoms with van der Waals surface area (Å²) in [6.45, 7) is 9.16. The third-order valence-corrected chi connectivity index (χ3v) is 9.89. The number of hydrogen-bond acceptors (Lipinski definition) is 0. The zero-order valence-corrected chi connectivity index (χ0v) is 20.6. The average Bonchev–Trinajstić information content (AvgIpc) is 2.61. The van der Waals surface area contributed by atoms with Crippen LogP contribution in [0.1, 0.15) is 48.1 Å². The predicted octanol–water partition coefficient (Wildman–Crippen LogP) is 6.83. The Hall–Kier alpha value is -0.360. The highest BCUT2D eigenvalue weighted by molar-refractivity contribution is 14.2. The molecule has 0 radical (unpaired) electrons. The molecule has 0 N–H and O–H groups in total. The molecule has 136 valence electrons. The smallest absolute Gasteiger partial charge is 0.00874 e. The molecule has 0 nitrogen and oxygen atoms in total. The van der Waals surface area contributed by atoms with E-state index in [1.165, 1.54) is 40.7 Å². The Bertz CT molecular complexity index is 784. The van der Waals surface area contributed by atoms with Crippen LogP contribution in [0.15, 0.2) is 42.5 Å². The largest absolute Gasteiger partial charge is 0.122 e. The van der Waals surface area contributed by atoms with Crippen LogP contribution in [0.2, 0.25) is 0 Å². The number of benzene rings is 2. The van der Waals surface area contributed by atoms with Crippen LogP contribution in [0.3, 0.4) is 0 Å². The first-order chi connectivity index (χ1) is 12.0. The van der Waals surface area contributed by atoms with Gasteiger partial charge >= 0.3 is 0 Å². The van der Waals surface area contributed by atoms with Crippen LogP contribution in [-0.2, 0) is 6.42 Å². The fourth-order valence-corrected chi connectivity index (χ4v) is 6.49. The zero-order chi connectivity index (χ0) is 18.4. The second-order valence-corrected chi connectivity index (χ2v) is 11.6. The summed E-state index contributed by atoms with van der Waals surface area (Å²) in [5, 5.41) is 0. The van der Waals surface area contributed by atoms with Gasteiger partial charge in [-0.05, 0) is 84.7 Å². The lowest BCUT2D eigenvalue weighted by Crippen LogP contribution is -2.12. The molecule has 0 aliphatic heterocycles. The van der Waals surface area contributed by atoms with E-state index < -0.39 is 0 Å². The van der Waals surface area contributed by atoms with Gasteiger partial charge in [-0.25, -0.2) is 0 Å². The lowest BCUT2D eigenvalue weighted by Gasteiger charge is -2.17. The molecule has 2 aromatic rings. The molecule has 0 aliphatic rings. The number of halogens is 2. The van der Waals surface area contributed by atoms with Crippen LogP contribution in [0.4, 0.5) is 0 Å². The Morgan fingerprint density at radius 2 is 1.68 bits per heavy atom. The van der Waals surface area contributed by atoms with Crippen LogP contribution >= 0.6 is 41.5 Å². The van der Waals surface area contributed by atoms with Crippen molar-refractivity contribution in [1.29, 1.82) is 0 Å². The van der Waals surface area contributed by atoms with E-state index in [4.69, 9.17) is 0 Å². The highest BCUT2D eigenvalue weighted by Crippen LogP contribution is 2.23. The van der Waals surface area contributed by atoms with Crippen molar-refractivity contribution >= 4 is 48.5 Å². The lowest BCUT2D eigenvalue weighted by atomic mass is 9.92. The molecule has 0 saturated heterocycles. The highest BCUT2D eigenvalue weighted by Gasteiger charge is 2.13. The van der Waals surface area contributed by atoms with Gasteiger partial charge in [0, 0.05) is 0 Å². The summed E-state index contributed by atoms with van der Waals surface area (Å²) in [6.07, 6.45) is 2.44. The van der Waals surface area contributed by atoms with Gasteiger partial charge in [0.05, 0.1) is 0 Å². The minimum atomic E-state index is 0.106. The summed E-state index contributed by atoms with van der Waals surface area (Å²) in [7, 11) is 0. The topological polar surface area (TPSA) is 0 Å². The van der Waals surface area contributed by atoms with E-state index in [0.717, 1.165) is 0 Å². The van der Waals surface area contributed by atoms with E-state index in [9.17, 15) is 0 Å². The van der Waals surface area contributed by atoms with Crippen LogP contribution in [0, 0.1) is 19.8 Å². The van der Waals surface area contributed by atoms with Crippen molar-refractivity contribution in [3.63, 3.8) is 0 Å². The molecule has 0 saturated carbocycles. The number of aryl methyl sites for hydroxylation is 3. The monoisotopic (exact) mass is 560 g/mol. The molecular weight excluding hydrogens is 530 g/mol. The maximum absolute atomic E-state index is 2.45. The van der Waals surface area contributed by atoms with E-state index >= 15 is 0 Å². The summed E-state index contributed by atoms with van der Waals surface area (Å²) >= 11 is 0.291. The van der Waals surface area contributed by atoms with Gasteiger partial charge in [0.15, 0.2) is 0 Å². The van der Waals surface area contributed by atoms with Gasteiger partial charge in [-0.1, -0.05) is 48.9 Å². The number of hydrogen-bond donors (Lipinski definition) is 0. The Labute approximate surface area is 173 Å². The zero-order valence-electron chi connectivity index (χ0n) is 16.3. The molecule has 0 aromatic heterocycles. The summed E-state index contributed by atoms with van der Waals surface area (Å²) < 4.78 is 3.31. The maximum Gasteiger partial charge on any atom is -0.00874 e. The molecule has 0 amide bonds. The fraction of sp³-hybridized carbons (Fsp3) is 0.391. The highest BCUT2D eigenvalue weighted by atomic mass is 127. The van der Waals surface area contributed by atoms with Gasteiger partial charge in [-0.2, -0.15) is 0 Å². The average molecular weight is 560 g/mol. The van der Waals surface area contributed by atoms with Crippen molar-refractivity contribution < 1.29 is 0 Å². The molecule has 1 unspecified atom stereocenters. The van der Waals surface area contributed by atoms with Gasteiger partial charge in [0.2, 0.25) is 0 Å². The van der Waals surface area contributed by atoms with Crippen molar-refractivity contribution in [1.82, 2.24) is 0 Å². The molecular formula is C23H30I2. The van der Waals surface area contributed by atoms with Gasteiger partial charge < -0.3 is 0 Å². The third-order valence-electron chi connectivity index (χ3n) is 4.80. The molecule has 25 heavy (non-hydrogen) atoms. The molecule has 2 heteroatoms. The Morgan fingerprint density at radius 1 is 0.960 bits per heavy atom. The summed E-state index contributed by atoms with van der Waals surface area (Å²) in [4.78, 5) is 4.77. The third kappa shape index (κ3) is 5.81. The van der Waals surface area contributed by atoms with Gasteiger partial charge in [0.1, 0.15) is 0 Å². The molecule has 0 aliphatic carbocycles. The molecule has 0 fully saturated rings. The molecule has 0 bridgehead atoms. The van der Waals surface area contributed by atoms with Gasteiger partial charge in [-0.15, -0.1) is 41.5 Å². The lowest BCUT2D eigenvalue weighted by molar-refractivity contribution is 0.689. The second-order valence-electron chi connectivity index (χ2n) is 6.71. The first-order valence-corrected chi connectivity index (χ1v) is 15.3. The Morgan fingerprint density at radius 3 is 2.32 bits per heavy atom. The fourth-order valence-electron chi connectivity index (χ4n) is 3.20. The van der Waals surface area contributed by atoms with Crippen molar-refractivity contribution in [2.24, 2.45) is 5.92 Å². The molecule has 0 spiro atoms. The van der Waals surface area contributed by atoms with Gasteiger partial charge in [0.25, 0.3) is 0 Å². The van der Waals surface area contributed by atoms with Crippen LogP contribution < -0.4 is 0 Å². The molecule has 0 heterocycles. The van der Waals surface area contributed by atoms with Crippen molar-refractivity contribution in [2.45, 2.75) is 40.5 Å². The Kier molecular flexibility index (Phi) is 8.46. The SMILES string of the molecule is CI=C(C)c1cccc(C(=IC)C(C)CCc2ccc(C)cc2C)c1. The molecule has 2 aromatic carbocycles. The quantitative estimate of drug-likeness (QED) is 0.269. The van der Waals surface area contributed by atoms with Crippen molar-refractivity contribution in [2.75, 3.05) is 9.86 Å². The van der Waals surface area contributed by atoms with Gasteiger partial charge in [-0.3, -0.25) is 0 Å². The standard InChI is InChI=1S/C23H30I2/c1-16-10-12-20(18(3)14-16)13-11-17(2)23(25-6)22-9-7-8-21(15-22)19(4)24-5/h7-10,12,14-15,17H,11,13H2,1-6H3. The summed E-state index contributed by atoms with van der Waals surface area (Å²) in [6, 6.07) is 16.2. The van der Waals surface area contributed by atoms with Crippen LogP contribution in [0.25, 0.3) is 0 Å². The molecule has 1 atom stereocenters. The minimum absolute atomic E-state index is 0.106. The maximum atomic E-state index is 2.45. The first-order valence-electron chi connectivity index (χ1n) is 8.82. The molecule has 2 rings (SSSR count). The Balaban J connectivity index is 2.15. The predicted molar refractivity (Wildman–Crippen MR) is 134 cm³/mol. The van der Waals surface area contributed by atoms with Crippen molar-refractivity contribution in [3.8, 4) is 0 Å². The van der Waals surface area contributed by atoms with E-state index in [1.807, 2.05) is 0 Å². The van der Waals surface area contributed by atoms with E-state index in [0.29, 0.717) is 5.92 Å². The van der Waals surface area contributed by atoms with Crippen molar-refractivity contribution in [3.05, 3.63) is 70.3 Å². The summed E-state index contributed by atoms with van der Waals surface area (Å²) in [5.74, 6) is 0.672. The van der Waals surface area contributed by atoms with E-state index in [1.54, 1.807) is 7.02 Å². The first kappa shape index (κ1) is 20.9. The second kappa shape index (κ2) is 10.1.